The zero-order valence-corrected chi connectivity index (χ0v) is 44.7. The standard InChI is InChI=1S/C68H68N2O2/c1-37(2)47-17-15-19-53(29-47)69(57-25-41(9)45(13)42(10)26-57)55-23-21-49-33-59-61(35-51(49)31-55)71-67-65(59)63(39(5)6)64(40(7)8)66-60-34-50-22-24-56(32-52(50)36-62(60)72-68(66)67)70(54-20-16-18-48(30-54)38(3)4)58-27-43(11)46(14)44(12)28-58/h15-40H,1-14H3. The second-order valence-corrected chi connectivity index (χ2v) is 22.1. The monoisotopic (exact) mass is 945 g/mol. The van der Waals surface area contributed by atoms with Crippen LogP contribution in [0.1, 0.15) is 135 Å². The van der Waals surface area contributed by atoms with Gasteiger partial charge in [0.15, 0.2) is 11.2 Å². The van der Waals surface area contributed by atoms with Crippen molar-refractivity contribution in [2.45, 2.75) is 121 Å². The van der Waals surface area contributed by atoms with Gasteiger partial charge in [-0.15, -0.1) is 0 Å². The first-order valence-electron chi connectivity index (χ1n) is 26.2. The molecule has 4 heteroatoms. The third-order valence-electron chi connectivity index (χ3n) is 15.9. The molecule has 11 rings (SSSR count). The molecule has 0 aliphatic carbocycles. The topological polar surface area (TPSA) is 32.8 Å². The van der Waals surface area contributed by atoms with Gasteiger partial charge in [0, 0.05) is 55.7 Å². The van der Waals surface area contributed by atoms with E-state index in [1.54, 1.807) is 0 Å². The average Bonchev–Trinajstić information content (AvgIpc) is 3.90. The van der Waals surface area contributed by atoms with Crippen LogP contribution in [-0.2, 0) is 0 Å². The number of furan rings is 2. The first-order chi connectivity index (χ1) is 34.4. The van der Waals surface area contributed by atoms with Crippen LogP contribution in [0.2, 0.25) is 0 Å². The minimum Gasteiger partial charge on any atom is -0.452 e. The molecule has 2 aromatic heterocycles. The van der Waals surface area contributed by atoms with Crippen molar-refractivity contribution in [2.75, 3.05) is 9.80 Å². The lowest BCUT2D eigenvalue weighted by atomic mass is 9.84. The maximum absolute atomic E-state index is 7.17. The van der Waals surface area contributed by atoms with E-state index in [1.807, 2.05) is 0 Å². The van der Waals surface area contributed by atoms with Crippen LogP contribution in [0.25, 0.3) is 65.4 Å². The zero-order chi connectivity index (χ0) is 50.6. The molecule has 362 valence electrons. The molecule has 0 unspecified atom stereocenters. The Labute approximate surface area is 425 Å². The first kappa shape index (κ1) is 47.0. The van der Waals surface area contributed by atoms with Crippen LogP contribution in [0, 0.1) is 41.5 Å². The van der Waals surface area contributed by atoms with E-state index in [-0.39, 0.29) is 11.8 Å². The number of rotatable bonds is 10. The van der Waals surface area contributed by atoms with Crippen LogP contribution in [0.3, 0.4) is 0 Å². The van der Waals surface area contributed by atoms with Crippen molar-refractivity contribution in [3.63, 3.8) is 0 Å². The van der Waals surface area contributed by atoms with Crippen LogP contribution >= 0.6 is 0 Å². The Balaban J connectivity index is 1.11. The van der Waals surface area contributed by atoms with Crippen molar-refractivity contribution in [1.82, 2.24) is 0 Å². The van der Waals surface area contributed by atoms with Gasteiger partial charge in [-0.05, 0) is 239 Å². The summed E-state index contributed by atoms with van der Waals surface area (Å²) in [5.41, 5.74) is 23.3. The predicted molar refractivity (Wildman–Crippen MR) is 310 cm³/mol. The number of hydrogen-bond acceptors (Lipinski definition) is 4. The van der Waals surface area contributed by atoms with Gasteiger partial charge in [-0.25, -0.2) is 0 Å². The number of nitrogens with zero attached hydrogens (tertiary/aromatic N) is 2. The number of anilines is 6. The summed E-state index contributed by atoms with van der Waals surface area (Å²) in [4.78, 5) is 4.83. The summed E-state index contributed by atoms with van der Waals surface area (Å²) in [5, 5.41) is 9.18. The van der Waals surface area contributed by atoms with E-state index in [0.29, 0.717) is 11.8 Å². The molecule has 0 N–H and O–H groups in total. The van der Waals surface area contributed by atoms with Gasteiger partial charge in [-0.2, -0.15) is 0 Å². The molecule has 0 bridgehead atoms. The van der Waals surface area contributed by atoms with Gasteiger partial charge in [-0.3, -0.25) is 0 Å². The molecule has 9 aromatic carbocycles. The molecule has 0 saturated carbocycles. The summed E-state index contributed by atoms with van der Waals surface area (Å²) in [5.74, 6) is 1.31. The molecule has 4 nitrogen and oxygen atoms in total. The van der Waals surface area contributed by atoms with Crippen LogP contribution < -0.4 is 9.80 Å². The average molecular weight is 945 g/mol. The van der Waals surface area contributed by atoms with E-state index in [0.717, 1.165) is 88.8 Å². The Morgan fingerprint density at radius 1 is 0.333 bits per heavy atom. The Kier molecular flexibility index (Phi) is 11.6. The predicted octanol–water partition coefficient (Wildman–Crippen LogP) is 21.1. The molecular formula is C68H68N2O2. The fourth-order valence-electron chi connectivity index (χ4n) is 11.5. The van der Waals surface area contributed by atoms with E-state index >= 15 is 0 Å². The molecule has 11 aromatic rings. The molecule has 0 aliphatic heterocycles. The first-order valence-corrected chi connectivity index (χ1v) is 26.2. The number of fused-ring (bicyclic) bond motifs is 9. The molecule has 0 fully saturated rings. The second kappa shape index (κ2) is 17.8. The van der Waals surface area contributed by atoms with Crippen molar-refractivity contribution < 1.29 is 8.83 Å². The highest BCUT2D eigenvalue weighted by Gasteiger charge is 2.28. The minimum absolute atomic E-state index is 0.243. The molecule has 0 radical (unpaired) electrons. The molecule has 2 heterocycles. The van der Waals surface area contributed by atoms with E-state index in [1.165, 1.54) is 66.4 Å². The maximum atomic E-state index is 7.17. The lowest BCUT2D eigenvalue weighted by Gasteiger charge is -2.28. The largest absolute Gasteiger partial charge is 0.452 e. The Hall–Kier alpha value is -7.30. The summed E-state index contributed by atoms with van der Waals surface area (Å²) in [7, 11) is 0. The number of aryl methyl sites for hydroxylation is 4. The summed E-state index contributed by atoms with van der Waals surface area (Å²) in [6.45, 7) is 31.7. The van der Waals surface area contributed by atoms with Crippen molar-refractivity contribution in [3.8, 4) is 0 Å². The van der Waals surface area contributed by atoms with Gasteiger partial charge in [0.1, 0.15) is 11.2 Å². The van der Waals surface area contributed by atoms with Gasteiger partial charge < -0.3 is 18.6 Å². The van der Waals surface area contributed by atoms with Gasteiger partial charge >= 0.3 is 0 Å². The van der Waals surface area contributed by atoms with Crippen molar-refractivity contribution in [2.24, 2.45) is 0 Å². The molecule has 0 atom stereocenters. The maximum Gasteiger partial charge on any atom is 0.178 e. The quantitative estimate of drug-likeness (QED) is 0.137. The van der Waals surface area contributed by atoms with Crippen LogP contribution in [0.15, 0.2) is 142 Å². The Bertz CT molecular complexity index is 3660. The molecular weight excluding hydrogens is 877 g/mol. The second-order valence-electron chi connectivity index (χ2n) is 22.1. The van der Waals surface area contributed by atoms with Crippen LogP contribution in [0.5, 0.6) is 0 Å². The van der Waals surface area contributed by atoms with Crippen LogP contribution in [0.4, 0.5) is 34.1 Å². The van der Waals surface area contributed by atoms with Crippen molar-refractivity contribution >= 4 is 99.5 Å². The number of hydrogen-bond donors (Lipinski definition) is 0. The molecule has 0 spiro atoms. The Morgan fingerprint density at radius 2 is 0.694 bits per heavy atom. The van der Waals surface area contributed by atoms with Gasteiger partial charge in [0.2, 0.25) is 0 Å². The fourth-order valence-corrected chi connectivity index (χ4v) is 11.5. The third-order valence-corrected chi connectivity index (χ3v) is 15.9. The fraction of sp³-hybridized carbons (Fsp3) is 0.265. The molecule has 0 amide bonds. The third kappa shape index (κ3) is 7.82. The lowest BCUT2D eigenvalue weighted by molar-refractivity contribution is 0.632. The smallest absolute Gasteiger partial charge is 0.178 e. The van der Waals surface area contributed by atoms with E-state index in [4.69, 9.17) is 8.83 Å². The minimum atomic E-state index is 0.243. The highest BCUT2D eigenvalue weighted by molar-refractivity contribution is 6.24. The summed E-state index contributed by atoms with van der Waals surface area (Å²) in [6, 6.07) is 50.3. The molecule has 72 heavy (non-hydrogen) atoms. The molecule has 0 saturated heterocycles. The van der Waals surface area contributed by atoms with Crippen LogP contribution in [-0.4, -0.2) is 0 Å². The van der Waals surface area contributed by atoms with Gasteiger partial charge in [0.05, 0.1) is 0 Å². The van der Waals surface area contributed by atoms with Crippen molar-refractivity contribution in [1.29, 1.82) is 0 Å². The van der Waals surface area contributed by atoms with Crippen molar-refractivity contribution in [3.05, 3.63) is 189 Å². The van der Waals surface area contributed by atoms with Gasteiger partial charge in [0.25, 0.3) is 0 Å². The highest BCUT2D eigenvalue weighted by Crippen LogP contribution is 2.50. The summed E-state index contributed by atoms with van der Waals surface area (Å²) < 4.78 is 14.3. The van der Waals surface area contributed by atoms with E-state index < -0.39 is 0 Å². The SMILES string of the molecule is Cc1cc(N(c2cccc(C(C)C)c2)c2ccc3cc4c(cc3c2)oc2c3oc5cc6cc(N(c7cccc(C(C)C)c7)c7cc(C)c(C)c(C)c7)ccc6cc5c3c(C(C)C)c(C(C)C)c42)cc(C)c1C. The summed E-state index contributed by atoms with van der Waals surface area (Å²) in [6.07, 6.45) is 0. The summed E-state index contributed by atoms with van der Waals surface area (Å²) >= 11 is 0. The van der Waals surface area contributed by atoms with E-state index in [2.05, 4.69) is 240 Å². The van der Waals surface area contributed by atoms with Gasteiger partial charge in [-0.1, -0.05) is 91.8 Å². The van der Waals surface area contributed by atoms with E-state index in [9.17, 15) is 0 Å². The number of benzene rings is 9. The zero-order valence-electron chi connectivity index (χ0n) is 44.7. The molecule has 0 aliphatic rings. The lowest BCUT2D eigenvalue weighted by Crippen LogP contribution is -2.11. The normalized spacial score (nSPS) is 12.2. The highest BCUT2D eigenvalue weighted by atomic mass is 16.4. The Morgan fingerprint density at radius 3 is 1.04 bits per heavy atom.